The van der Waals surface area contributed by atoms with Gasteiger partial charge in [-0.2, -0.15) is 0 Å². The van der Waals surface area contributed by atoms with E-state index in [0.717, 1.165) is 5.56 Å². The van der Waals surface area contributed by atoms with Crippen LogP contribution in [-0.2, 0) is 38.6 Å². The number of carbonyl (C=O) groups is 4. The minimum atomic E-state index is -2.73. The molecule has 2 aromatic carbocycles. The van der Waals surface area contributed by atoms with Crippen LogP contribution in [0.3, 0.4) is 0 Å². The van der Waals surface area contributed by atoms with E-state index in [4.69, 9.17) is 5.73 Å². The topological polar surface area (TPSA) is 197 Å². The molecule has 0 heterocycles. The molecule has 2 aromatic rings. The van der Waals surface area contributed by atoms with Crippen molar-refractivity contribution in [1.29, 1.82) is 0 Å². The molecule has 1 saturated carbocycles. The highest BCUT2D eigenvalue weighted by atomic mass is 16.3. The van der Waals surface area contributed by atoms with Crippen molar-refractivity contribution >= 4 is 34.8 Å². The average Bonchev–Trinajstić information content (AvgIpc) is 3.01. The number of fused-ring (bicyclic) bond motifs is 3. The Bertz CT molecular complexity index is 1750. The molecule has 5 rings (SSSR count). The highest BCUT2D eigenvalue weighted by Crippen LogP contribution is 2.54. The van der Waals surface area contributed by atoms with Gasteiger partial charge in [-0.3, -0.25) is 29.0 Å². The lowest BCUT2D eigenvalue weighted by Crippen LogP contribution is -2.65. The number of nitrogens with two attached hydrogens (primary N) is 1. The van der Waals surface area contributed by atoms with Crippen LogP contribution in [0.5, 0.6) is 5.75 Å². The molecular weight excluding hydrogens is 618 g/mol. The molecule has 1 fully saturated rings. The van der Waals surface area contributed by atoms with Gasteiger partial charge in [-0.05, 0) is 70.6 Å². The maximum atomic E-state index is 14.2. The molecule has 48 heavy (non-hydrogen) atoms. The van der Waals surface area contributed by atoms with E-state index in [1.54, 1.807) is 58.2 Å². The van der Waals surface area contributed by atoms with Gasteiger partial charge in [-0.25, -0.2) is 0 Å². The average molecular weight is 662 g/mol. The third-order valence-electron chi connectivity index (χ3n) is 9.91. The molecular formula is C35H43N5O8. The number of likely N-dealkylation sites (N-methyl/N-ethyl adjacent to an activating group) is 2. The van der Waals surface area contributed by atoms with Gasteiger partial charge in [0.2, 0.25) is 11.7 Å². The Labute approximate surface area is 278 Å². The van der Waals surface area contributed by atoms with Gasteiger partial charge < -0.3 is 36.4 Å². The SMILES string of the molecule is CN(C)c1cc(CNC(=O)C(Cc2ccccc2)N(C)C)c(O)c2c1C[C@H]1C[C@H]3[C@@H](N(C)C)C(=O)C(C(N)=O)=C(O)[C@@]3(O)C(=O)C1=C2O. The van der Waals surface area contributed by atoms with E-state index in [1.165, 1.54) is 4.90 Å². The van der Waals surface area contributed by atoms with Gasteiger partial charge in [0.1, 0.15) is 22.8 Å². The van der Waals surface area contributed by atoms with Gasteiger partial charge >= 0.3 is 0 Å². The van der Waals surface area contributed by atoms with E-state index in [0.29, 0.717) is 17.7 Å². The van der Waals surface area contributed by atoms with Crippen LogP contribution in [0.4, 0.5) is 5.69 Å². The van der Waals surface area contributed by atoms with Crippen LogP contribution in [0.25, 0.3) is 5.76 Å². The number of primary amides is 1. The van der Waals surface area contributed by atoms with Gasteiger partial charge in [-0.15, -0.1) is 0 Å². The standard InChI is InChI=1S/C35H43N5O8/c1-38(2)22-15-19(16-37-34(47)23(39(3)4)12-17-10-8-7-9-11-17)28(41)25-20(22)13-18-14-21-27(40(5)6)30(43)26(33(36)46)32(45)35(21,48)31(44)24(18)29(25)42/h7-11,15,18,21,23,27,41-42,45,48H,12-14,16H2,1-6H3,(H2,36,46)(H,37,47)/t18-,21-,23?,27+,35-/m0/s1. The number of phenolic OH excluding ortho intramolecular Hbond substituents is 1. The second-order valence-corrected chi connectivity index (χ2v) is 13.5. The van der Waals surface area contributed by atoms with E-state index in [9.17, 15) is 39.6 Å². The fraction of sp³-hybridized carbons (Fsp3) is 0.429. The minimum Gasteiger partial charge on any atom is -0.508 e. The number of Topliss-reactive ketones (excluding diaryl/α,β-unsaturated/α-hetero) is 2. The highest BCUT2D eigenvalue weighted by molar-refractivity contribution is 6.24. The van der Waals surface area contributed by atoms with Crippen molar-refractivity contribution in [1.82, 2.24) is 15.1 Å². The van der Waals surface area contributed by atoms with E-state index in [-0.39, 0.29) is 47.7 Å². The van der Waals surface area contributed by atoms with E-state index in [2.05, 4.69) is 5.32 Å². The number of aromatic hydroxyl groups is 1. The molecule has 0 aromatic heterocycles. The fourth-order valence-corrected chi connectivity index (χ4v) is 7.53. The smallest absolute Gasteiger partial charge is 0.255 e. The summed E-state index contributed by atoms with van der Waals surface area (Å²) in [6.45, 7) is -0.0952. The summed E-state index contributed by atoms with van der Waals surface area (Å²) < 4.78 is 0. The number of hydrogen-bond donors (Lipinski definition) is 6. The quantitative estimate of drug-likeness (QED) is 0.208. The molecule has 0 aliphatic heterocycles. The Hall–Kier alpha value is -4.72. The minimum absolute atomic E-state index is 0.00939. The van der Waals surface area contributed by atoms with Crippen LogP contribution in [0, 0.1) is 11.8 Å². The van der Waals surface area contributed by atoms with Crippen molar-refractivity contribution in [2.24, 2.45) is 17.6 Å². The molecule has 0 radical (unpaired) electrons. The molecule has 0 spiro atoms. The Balaban J connectivity index is 1.56. The van der Waals surface area contributed by atoms with Crippen LogP contribution >= 0.6 is 0 Å². The third kappa shape index (κ3) is 5.51. The van der Waals surface area contributed by atoms with Crippen LogP contribution in [0.15, 0.2) is 53.3 Å². The van der Waals surface area contributed by atoms with Gasteiger partial charge in [0.25, 0.3) is 5.91 Å². The number of hydrogen-bond acceptors (Lipinski definition) is 11. The zero-order chi connectivity index (χ0) is 35.4. The Morgan fingerprint density at radius 2 is 1.69 bits per heavy atom. The van der Waals surface area contributed by atoms with Crippen LogP contribution in [0.2, 0.25) is 0 Å². The summed E-state index contributed by atoms with van der Waals surface area (Å²) in [6, 6.07) is 9.62. The van der Waals surface area contributed by atoms with Crippen molar-refractivity contribution in [3.8, 4) is 5.75 Å². The summed E-state index contributed by atoms with van der Waals surface area (Å²) in [4.78, 5) is 58.2. The molecule has 13 nitrogen and oxygen atoms in total. The predicted molar refractivity (Wildman–Crippen MR) is 178 cm³/mol. The monoisotopic (exact) mass is 661 g/mol. The van der Waals surface area contributed by atoms with Gasteiger partial charge in [0.05, 0.1) is 17.6 Å². The molecule has 256 valence electrons. The first-order valence-corrected chi connectivity index (χ1v) is 15.7. The molecule has 0 bridgehead atoms. The molecule has 5 atom stereocenters. The summed E-state index contributed by atoms with van der Waals surface area (Å²) in [5.74, 6) is -7.40. The maximum absolute atomic E-state index is 14.2. The zero-order valence-electron chi connectivity index (χ0n) is 27.9. The second kappa shape index (κ2) is 12.7. The number of nitrogens with one attached hydrogen (secondary N) is 1. The fourth-order valence-electron chi connectivity index (χ4n) is 7.53. The predicted octanol–water partition coefficient (Wildman–Crippen LogP) is 0.819. The lowest BCUT2D eigenvalue weighted by Gasteiger charge is -2.50. The maximum Gasteiger partial charge on any atom is 0.255 e. The number of rotatable bonds is 9. The van der Waals surface area contributed by atoms with Crippen molar-refractivity contribution in [2.45, 2.75) is 43.5 Å². The summed E-state index contributed by atoms with van der Waals surface area (Å²) in [5, 5.41) is 49.2. The first kappa shape index (κ1) is 34.6. The number of benzene rings is 2. The van der Waals surface area contributed by atoms with E-state index in [1.807, 2.05) is 30.3 Å². The lowest BCUT2D eigenvalue weighted by atomic mass is 9.57. The largest absolute Gasteiger partial charge is 0.508 e. The normalized spacial score (nSPS) is 24.3. The molecule has 0 saturated heterocycles. The van der Waals surface area contributed by atoms with Crippen molar-refractivity contribution in [3.05, 3.63) is 75.6 Å². The van der Waals surface area contributed by atoms with Crippen molar-refractivity contribution < 1.29 is 39.6 Å². The number of amides is 2. The van der Waals surface area contributed by atoms with Crippen molar-refractivity contribution in [2.75, 3.05) is 47.2 Å². The van der Waals surface area contributed by atoms with Gasteiger partial charge in [-0.1, -0.05) is 30.3 Å². The zero-order valence-corrected chi connectivity index (χ0v) is 27.9. The van der Waals surface area contributed by atoms with Crippen LogP contribution in [-0.4, -0.2) is 114 Å². The summed E-state index contributed by atoms with van der Waals surface area (Å²) in [7, 11) is 10.3. The van der Waals surface area contributed by atoms with Gasteiger partial charge in [0, 0.05) is 43.4 Å². The number of phenols is 1. The van der Waals surface area contributed by atoms with Crippen LogP contribution < -0.4 is 16.0 Å². The number of anilines is 1. The Kier molecular flexibility index (Phi) is 9.17. The van der Waals surface area contributed by atoms with Crippen LogP contribution in [0.1, 0.15) is 28.7 Å². The lowest BCUT2D eigenvalue weighted by molar-refractivity contribution is -0.153. The first-order chi connectivity index (χ1) is 22.5. The molecule has 13 heteroatoms. The van der Waals surface area contributed by atoms with Crippen molar-refractivity contribution in [3.63, 3.8) is 0 Å². The number of aliphatic hydroxyl groups excluding tert-OH is 2. The Morgan fingerprint density at radius 1 is 1.04 bits per heavy atom. The number of nitrogens with zero attached hydrogens (tertiary/aromatic N) is 3. The summed E-state index contributed by atoms with van der Waals surface area (Å²) in [6.07, 6.45) is 0.602. The first-order valence-electron chi connectivity index (χ1n) is 15.7. The molecule has 7 N–H and O–H groups in total. The third-order valence-corrected chi connectivity index (χ3v) is 9.91. The number of aliphatic hydroxyl groups is 3. The second-order valence-electron chi connectivity index (χ2n) is 13.5. The Morgan fingerprint density at radius 3 is 2.25 bits per heavy atom. The molecule has 3 aliphatic rings. The highest BCUT2D eigenvalue weighted by Gasteiger charge is 2.64. The summed E-state index contributed by atoms with van der Waals surface area (Å²) >= 11 is 0. The van der Waals surface area contributed by atoms with E-state index >= 15 is 0 Å². The number of carbonyl (C=O) groups excluding carboxylic acids is 4. The number of ketones is 2. The van der Waals surface area contributed by atoms with Gasteiger partial charge in [0.15, 0.2) is 11.4 Å². The molecule has 3 aliphatic carbocycles. The summed E-state index contributed by atoms with van der Waals surface area (Å²) in [5.41, 5.74) is 3.98. The molecule has 1 unspecified atom stereocenters. The molecule has 2 amide bonds. The van der Waals surface area contributed by atoms with E-state index < -0.39 is 64.1 Å².